The molecule has 2 heterocycles. The second-order valence-corrected chi connectivity index (χ2v) is 6.62. The molecule has 26 heavy (non-hydrogen) atoms. The van der Waals surface area contributed by atoms with Gasteiger partial charge in [0.05, 0.1) is 11.0 Å². The van der Waals surface area contributed by atoms with Gasteiger partial charge in [-0.05, 0) is 24.6 Å². The van der Waals surface area contributed by atoms with Gasteiger partial charge in [0.2, 0.25) is 0 Å². The molecule has 0 bridgehead atoms. The summed E-state index contributed by atoms with van der Waals surface area (Å²) in [6.45, 7) is 4.72. The first-order valence-corrected chi connectivity index (χ1v) is 8.91. The van der Waals surface area contributed by atoms with Crippen LogP contribution >= 0.6 is 0 Å². The molecule has 1 aliphatic heterocycles. The molecule has 3 rings (SSSR count). The highest BCUT2D eigenvalue weighted by molar-refractivity contribution is 5.97. The SMILES string of the molecule is CCCNC(=O)N1CCN(C(=O)c2ccc3c(c2)n(C)c(=O)n3C)CC1. The molecule has 3 amide bonds. The number of carbonyl (C=O) groups is 2. The van der Waals surface area contributed by atoms with Crippen molar-refractivity contribution in [3.8, 4) is 0 Å². The molecular weight excluding hydrogens is 334 g/mol. The van der Waals surface area contributed by atoms with Crippen molar-refractivity contribution in [2.24, 2.45) is 14.1 Å². The number of rotatable bonds is 3. The molecule has 1 aromatic carbocycles. The predicted octanol–water partition coefficient (Wildman–Crippen LogP) is 0.754. The van der Waals surface area contributed by atoms with Crippen LogP contribution in [0.15, 0.2) is 23.0 Å². The van der Waals surface area contributed by atoms with Crippen LogP contribution in [0, 0.1) is 0 Å². The Morgan fingerprint density at radius 2 is 1.62 bits per heavy atom. The van der Waals surface area contributed by atoms with Gasteiger partial charge in [-0.2, -0.15) is 0 Å². The Labute approximate surface area is 152 Å². The third-order valence-electron chi connectivity index (χ3n) is 4.90. The van der Waals surface area contributed by atoms with Gasteiger partial charge >= 0.3 is 11.7 Å². The zero-order chi connectivity index (χ0) is 18.8. The van der Waals surface area contributed by atoms with E-state index in [-0.39, 0.29) is 17.6 Å². The van der Waals surface area contributed by atoms with E-state index in [1.807, 2.05) is 6.92 Å². The molecule has 1 aromatic heterocycles. The fourth-order valence-electron chi connectivity index (χ4n) is 3.28. The Balaban J connectivity index is 1.71. The average molecular weight is 359 g/mol. The number of carbonyl (C=O) groups excluding carboxylic acids is 2. The second-order valence-electron chi connectivity index (χ2n) is 6.62. The van der Waals surface area contributed by atoms with Crippen LogP contribution < -0.4 is 11.0 Å². The summed E-state index contributed by atoms with van der Waals surface area (Å²) < 4.78 is 3.11. The molecular formula is C18H25N5O3. The van der Waals surface area contributed by atoms with E-state index in [0.29, 0.717) is 38.3 Å². The highest BCUT2D eigenvalue weighted by atomic mass is 16.2. The highest BCUT2D eigenvalue weighted by Gasteiger charge is 2.25. The molecule has 8 heteroatoms. The minimum atomic E-state index is -0.115. The zero-order valence-corrected chi connectivity index (χ0v) is 15.5. The van der Waals surface area contributed by atoms with Crippen molar-refractivity contribution < 1.29 is 9.59 Å². The van der Waals surface area contributed by atoms with Gasteiger partial charge in [-0.25, -0.2) is 9.59 Å². The lowest BCUT2D eigenvalue weighted by Gasteiger charge is -2.34. The van der Waals surface area contributed by atoms with E-state index in [2.05, 4.69) is 5.32 Å². The van der Waals surface area contributed by atoms with Crippen molar-refractivity contribution in [2.75, 3.05) is 32.7 Å². The Hall–Kier alpha value is -2.77. The van der Waals surface area contributed by atoms with Crippen molar-refractivity contribution >= 4 is 23.0 Å². The van der Waals surface area contributed by atoms with Crippen LogP contribution in [0.1, 0.15) is 23.7 Å². The summed E-state index contributed by atoms with van der Waals surface area (Å²) in [6, 6.07) is 5.25. The van der Waals surface area contributed by atoms with Gasteiger partial charge in [0.25, 0.3) is 5.91 Å². The third-order valence-corrected chi connectivity index (χ3v) is 4.90. The van der Waals surface area contributed by atoms with Crippen molar-refractivity contribution in [3.05, 3.63) is 34.2 Å². The lowest BCUT2D eigenvalue weighted by atomic mass is 10.1. The summed E-state index contributed by atoms with van der Waals surface area (Å²) in [5, 5.41) is 2.86. The number of hydrogen-bond acceptors (Lipinski definition) is 3. The van der Waals surface area contributed by atoms with Gasteiger partial charge in [-0.1, -0.05) is 6.92 Å². The number of piperazine rings is 1. The number of nitrogens with zero attached hydrogens (tertiary/aromatic N) is 4. The quantitative estimate of drug-likeness (QED) is 0.878. The van der Waals surface area contributed by atoms with Crippen molar-refractivity contribution in [1.29, 1.82) is 0 Å². The van der Waals surface area contributed by atoms with E-state index in [1.54, 1.807) is 51.2 Å². The Kier molecular flexibility index (Phi) is 5.01. The second kappa shape index (κ2) is 7.23. The van der Waals surface area contributed by atoms with E-state index < -0.39 is 0 Å². The van der Waals surface area contributed by atoms with Gasteiger partial charge < -0.3 is 15.1 Å². The standard InChI is InChI=1S/C18H25N5O3/c1-4-7-19-17(25)23-10-8-22(9-11-23)16(24)13-5-6-14-15(12-13)21(3)18(26)20(14)2/h5-6,12H,4,7-11H2,1-3H3,(H,19,25). The smallest absolute Gasteiger partial charge is 0.328 e. The number of amides is 3. The maximum atomic E-state index is 12.8. The van der Waals surface area contributed by atoms with Crippen LogP contribution in [-0.4, -0.2) is 63.6 Å². The fraction of sp³-hybridized carbons (Fsp3) is 0.500. The van der Waals surface area contributed by atoms with E-state index in [9.17, 15) is 14.4 Å². The normalized spacial score (nSPS) is 14.7. The molecule has 1 fully saturated rings. The minimum absolute atomic E-state index is 0.0698. The van der Waals surface area contributed by atoms with Crippen molar-refractivity contribution in [2.45, 2.75) is 13.3 Å². The maximum Gasteiger partial charge on any atom is 0.328 e. The number of aryl methyl sites for hydroxylation is 2. The average Bonchev–Trinajstić information content (AvgIpc) is 2.89. The molecule has 0 atom stereocenters. The van der Waals surface area contributed by atoms with Crippen LogP contribution in [0.5, 0.6) is 0 Å². The number of urea groups is 1. The number of imidazole rings is 1. The first-order valence-electron chi connectivity index (χ1n) is 8.91. The molecule has 1 aliphatic rings. The number of nitrogens with one attached hydrogen (secondary N) is 1. The first-order chi connectivity index (χ1) is 12.4. The Morgan fingerprint density at radius 1 is 1.00 bits per heavy atom. The van der Waals surface area contributed by atoms with Gasteiger partial charge in [0.1, 0.15) is 0 Å². The van der Waals surface area contributed by atoms with E-state index in [4.69, 9.17) is 0 Å². The molecule has 0 spiro atoms. The molecule has 0 aliphatic carbocycles. The number of aromatic nitrogens is 2. The lowest BCUT2D eigenvalue weighted by molar-refractivity contribution is 0.0665. The molecule has 2 aromatic rings. The fourth-order valence-corrected chi connectivity index (χ4v) is 3.28. The summed E-state index contributed by atoms with van der Waals surface area (Å²) in [6.07, 6.45) is 0.897. The molecule has 140 valence electrons. The zero-order valence-electron chi connectivity index (χ0n) is 15.5. The lowest BCUT2D eigenvalue weighted by Crippen LogP contribution is -2.53. The summed E-state index contributed by atoms with van der Waals surface area (Å²) in [7, 11) is 3.42. The predicted molar refractivity (Wildman–Crippen MR) is 99.3 cm³/mol. The van der Waals surface area contributed by atoms with Crippen LogP contribution in [0.25, 0.3) is 11.0 Å². The monoisotopic (exact) mass is 359 g/mol. The van der Waals surface area contributed by atoms with Gasteiger partial charge in [-0.15, -0.1) is 0 Å². The van der Waals surface area contributed by atoms with Crippen molar-refractivity contribution in [3.63, 3.8) is 0 Å². The number of hydrogen-bond donors (Lipinski definition) is 1. The minimum Gasteiger partial charge on any atom is -0.338 e. The Bertz CT molecular complexity index is 890. The summed E-state index contributed by atoms with van der Waals surface area (Å²) in [5.74, 6) is -0.0724. The highest BCUT2D eigenvalue weighted by Crippen LogP contribution is 2.16. The molecule has 1 N–H and O–H groups in total. The van der Waals surface area contributed by atoms with Crippen LogP contribution in [0.4, 0.5) is 4.79 Å². The Morgan fingerprint density at radius 3 is 2.27 bits per heavy atom. The van der Waals surface area contributed by atoms with Crippen LogP contribution in [0.2, 0.25) is 0 Å². The van der Waals surface area contributed by atoms with E-state index >= 15 is 0 Å². The van der Waals surface area contributed by atoms with Crippen LogP contribution in [0.3, 0.4) is 0 Å². The summed E-state index contributed by atoms with van der Waals surface area (Å²) >= 11 is 0. The molecule has 0 radical (unpaired) electrons. The molecule has 1 saturated heterocycles. The largest absolute Gasteiger partial charge is 0.338 e. The number of benzene rings is 1. The van der Waals surface area contributed by atoms with Gasteiger partial charge in [-0.3, -0.25) is 13.9 Å². The summed E-state index contributed by atoms with van der Waals surface area (Å²) in [4.78, 5) is 40.3. The first kappa shape index (κ1) is 18.0. The molecule has 8 nitrogen and oxygen atoms in total. The maximum absolute atomic E-state index is 12.8. The van der Waals surface area contributed by atoms with E-state index in [0.717, 1.165) is 17.5 Å². The van der Waals surface area contributed by atoms with E-state index in [1.165, 1.54) is 0 Å². The topological polar surface area (TPSA) is 79.6 Å². The molecule has 0 saturated carbocycles. The van der Waals surface area contributed by atoms with Crippen molar-refractivity contribution in [1.82, 2.24) is 24.3 Å². The van der Waals surface area contributed by atoms with Crippen LogP contribution in [-0.2, 0) is 14.1 Å². The van der Waals surface area contributed by atoms with Gasteiger partial charge in [0.15, 0.2) is 0 Å². The number of fused-ring (bicyclic) bond motifs is 1. The third kappa shape index (κ3) is 3.18. The van der Waals surface area contributed by atoms with Gasteiger partial charge in [0, 0.05) is 52.4 Å². The summed E-state index contributed by atoms with van der Waals surface area (Å²) in [5.41, 5.74) is 1.98. The molecule has 0 unspecified atom stereocenters.